The van der Waals surface area contributed by atoms with Crippen molar-refractivity contribution in [1.82, 2.24) is 0 Å². The van der Waals surface area contributed by atoms with Gasteiger partial charge in [0.05, 0.1) is 17.5 Å². The van der Waals surface area contributed by atoms with Crippen LogP contribution in [0.25, 0.3) is 0 Å². The molecule has 0 atom stereocenters. The predicted octanol–water partition coefficient (Wildman–Crippen LogP) is 2.54. The average Bonchev–Trinajstić information content (AvgIpc) is 2.37. The number of hydrogen-bond acceptors (Lipinski definition) is 3. The summed E-state index contributed by atoms with van der Waals surface area (Å²) < 4.78 is 18.5. The van der Waals surface area contributed by atoms with Crippen molar-refractivity contribution in [2.75, 3.05) is 22.9 Å². The zero-order valence-electron chi connectivity index (χ0n) is 11.7. The molecular formula is C14H17FN2O3. The lowest BCUT2D eigenvalue weighted by atomic mass is 10.1. The zero-order chi connectivity index (χ0) is 14.9. The van der Waals surface area contributed by atoms with Crippen molar-refractivity contribution in [1.29, 1.82) is 0 Å². The molecule has 0 spiro atoms. The fourth-order valence-electron chi connectivity index (χ4n) is 2.16. The summed E-state index contributed by atoms with van der Waals surface area (Å²) in [6, 6.07) is 4.01. The standard InChI is InChI=1S/C14H17FN2O3/c1-4-16-11-6-5-10(15)7-12(11)17(8-13(16)18)14(19)20-9(2)3/h5-7,9H,4,8H2,1-3H3. The number of hydrogen-bond donors (Lipinski definition) is 0. The molecule has 0 unspecified atom stereocenters. The van der Waals surface area contributed by atoms with Gasteiger partial charge in [-0.05, 0) is 39.0 Å². The van der Waals surface area contributed by atoms with Crippen molar-refractivity contribution in [2.45, 2.75) is 26.9 Å². The molecule has 1 aliphatic rings. The summed E-state index contributed by atoms with van der Waals surface area (Å²) in [7, 11) is 0. The Balaban J connectivity index is 2.43. The van der Waals surface area contributed by atoms with Crippen LogP contribution in [-0.4, -0.2) is 31.2 Å². The Morgan fingerprint density at radius 3 is 2.70 bits per heavy atom. The zero-order valence-corrected chi connectivity index (χ0v) is 11.7. The van der Waals surface area contributed by atoms with Crippen LogP contribution in [0.15, 0.2) is 18.2 Å². The normalized spacial score (nSPS) is 14.6. The van der Waals surface area contributed by atoms with Crippen LogP contribution in [0.4, 0.5) is 20.6 Å². The second kappa shape index (κ2) is 5.48. The molecule has 0 saturated heterocycles. The maximum atomic E-state index is 13.4. The first-order valence-corrected chi connectivity index (χ1v) is 6.52. The highest BCUT2D eigenvalue weighted by Gasteiger charge is 2.33. The van der Waals surface area contributed by atoms with Crippen LogP contribution in [0.2, 0.25) is 0 Å². The van der Waals surface area contributed by atoms with Crippen molar-refractivity contribution in [3.05, 3.63) is 24.0 Å². The average molecular weight is 280 g/mol. The Kier molecular flexibility index (Phi) is 3.92. The molecule has 20 heavy (non-hydrogen) atoms. The lowest BCUT2D eigenvalue weighted by Crippen LogP contribution is -2.48. The number of carbonyl (C=O) groups excluding carboxylic acids is 2. The first-order valence-electron chi connectivity index (χ1n) is 6.52. The third kappa shape index (κ3) is 2.59. The molecule has 2 rings (SSSR count). The maximum absolute atomic E-state index is 13.4. The summed E-state index contributed by atoms with van der Waals surface area (Å²) in [5, 5.41) is 0. The minimum atomic E-state index is -0.643. The largest absolute Gasteiger partial charge is 0.446 e. The van der Waals surface area contributed by atoms with E-state index >= 15 is 0 Å². The van der Waals surface area contributed by atoms with E-state index in [-0.39, 0.29) is 18.6 Å². The van der Waals surface area contributed by atoms with Gasteiger partial charge in [0, 0.05) is 6.54 Å². The van der Waals surface area contributed by atoms with Gasteiger partial charge in [-0.2, -0.15) is 0 Å². The highest BCUT2D eigenvalue weighted by molar-refractivity contribution is 6.09. The van der Waals surface area contributed by atoms with Gasteiger partial charge in [0.2, 0.25) is 5.91 Å². The molecule has 0 aliphatic carbocycles. The molecule has 0 radical (unpaired) electrons. The molecule has 108 valence electrons. The molecule has 1 aromatic rings. The van der Waals surface area contributed by atoms with E-state index in [0.29, 0.717) is 17.9 Å². The van der Waals surface area contributed by atoms with Crippen LogP contribution in [0.3, 0.4) is 0 Å². The van der Waals surface area contributed by atoms with E-state index in [9.17, 15) is 14.0 Å². The molecule has 6 heteroatoms. The highest BCUT2D eigenvalue weighted by Crippen LogP contribution is 2.34. The van der Waals surface area contributed by atoms with Crippen molar-refractivity contribution in [3.63, 3.8) is 0 Å². The summed E-state index contributed by atoms with van der Waals surface area (Å²) in [6.45, 7) is 5.58. The topological polar surface area (TPSA) is 49.9 Å². The Morgan fingerprint density at radius 2 is 2.10 bits per heavy atom. The van der Waals surface area contributed by atoms with Crippen molar-refractivity contribution >= 4 is 23.4 Å². The molecule has 1 heterocycles. The van der Waals surface area contributed by atoms with Gasteiger partial charge in [0.15, 0.2) is 0 Å². The summed E-state index contributed by atoms with van der Waals surface area (Å²) >= 11 is 0. The fraction of sp³-hybridized carbons (Fsp3) is 0.429. The molecule has 1 aliphatic heterocycles. The van der Waals surface area contributed by atoms with Crippen LogP contribution < -0.4 is 9.80 Å². The Hall–Kier alpha value is -2.11. The molecule has 1 aromatic carbocycles. The molecule has 0 fully saturated rings. The number of benzene rings is 1. The molecule has 0 saturated carbocycles. The highest BCUT2D eigenvalue weighted by atomic mass is 19.1. The van der Waals surface area contributed by atoms with E-state index in [1.165, 1.54) is 28.0 Å². The van der Waals surface area contributed by atoms with Gasteiger partial charge in [-0.15, -0.1) is 0 Å². The second-order valence-corrected chi connectivity index (χ2v) is 4.79. The number of amides is 2. The number of ether oxygens (including phenoxy) is 1. The predicted molar refractivity (Wildman–Crippen MR) is 73.4 cm³/mol. The van der Waals surface area contributed by atoms with Gasteiger partial charge < -0.3 is 9.64 Å². The molecule has 0 N–H and O–H groups in total. The number of rotatable bonds is 2. The first-order chi connectivity index (χ1) is 9.43. The second-order valence-electron chi connectivity index (χ2n) is 4.79. The van der Waals surface area contributed by atoms with Crippen molar-refractivity contribution in [2.24, 2.45) is 0 Å². The Labute approximate surface area is 116 Å². The smallest absolute Gasteiger partial charge is 0.415 e. The maximum Gasteiger partial charge on any atom is 0.415 e. The third-order valence-electron chi connectivity index (χ3n) is 2.99. The van der Waals surface area contributed by atoms with Crippen LogP contribution in [-0.2, 0) is 9.53 Å². The van der Waals surface area contributed by atoms with Crippen molar-refractivity contribution in [3.8, 4) is 0 Å². The SMILES string of the molecule is CCN1C(=O)CN(C(=O)OC(C)C)c2cc(F)ccc21. The monoisotopic (exact) mass is 280 g/mol. The number of nitrogens with zero attached hydrogens (tertiary/aromatic N) is 2. The van der Waals surface area contributed by atoms with Crippen LogP contribution in [0, 0.1) is 5.82 Å². The van der Waals surface area contributed by atoms with Crippen LogP contribution >= 0.6 is 0 Å². The van der Waals surface area contributed by atoms with Gasteiger partial charge in [-0.1, -0.05) is 0 Å². The van der Waals surface area contributed by atoms with Crippen molar-refractivity contribution < 1.29 is 18.7 Å². The summed E-state index contributed by atoms with van der Waals surface area (Å²) in [5.74, 6) is -0.677. The van der Waals surface area contributed by atoms with E-state index in [1.54, 1.807) is 13.8 Å². The summed E-state index contributed by atoms with van der Waals surface area (Å²) in [4.78, 5) is 26.8. The lowest BCUT2D eigenvalue weighted by molar-refractivity contribution is -0.117. The van der Waals surface area contributed by atoms with E-state index < -0.39 is 11.9 Å². The van der Waals surface area contributed by atoms with Gasteiger partial charge in [-0.25, -0.2) is 9.18 Å². The molecule has 0 bridgehead atoms. The van der Waals surface area contributed by atoms with Crippen LogP contribution in [0.5, 0.6) is 0 Å². The number of likely N-dealkylation sites (N-methyl/N-ethyl adjacent to an activating group) is 1. The Morgan fingerprint density at radius 1 is 1.40 bits per heavy atom. The van der Waals surface area contributed by atoms with Crippen LogP contribution in [0.1, 0.15) is 20.8 Å². The summed E-state index contributed by atoms with van der Waals surface area (Å²) in [6.07, 6.45) is -0.949. The number of fused-ring (bicyclic) bond motifs is 1. The first kappa shape index (κ1) is 14.3. The summed E-state index contributed by atoms with van der Waals surface area (Å²) in [5.41, 5.74) is 0.878. The van der Waals surface area contributed by atoms with Gasteiger partial charge >= 0.3 is 6.09 Å². The Bertz CT molecular complexity index is 545. The minimum absolute atomic E-state index is 0.143. The van der Waals surface area contributed by atoms with Gasteiger partial charge in [0.25, 0.3) is 0 Å². The third-order valence-corrected chi connectivity index (χ3v) is 2.99. The van der Waals surface area contributed by atoms with E-state index in [2.05, 4.69) is 0 Å². The number of anilines is 2. The number of halogens is 1. The van der Waals surface area contributed by atoms with Gasteiger partial charge in [0.1, 0.15) is 12.4 Å². The minimum Gasteiger partial charge on any atom is -0.446 e. The fourth-order valence-corrected chi connectivity index (χ4v) is 2.16. The van der Waals surface area contributed by atoms with Gasteiger partial charge in [-0.3, -0.25) is 9.69 Å². The molecular weight excluding hydrogens is 263 g/mol. The lowest BCUT2D eigenvalue weighted by Gasteiger charge is -2.35. The van der Waals surface area contributed by atoms with E-state index in [1.807, 2.05) is 6.92 Å². The molecule has 2 amide bonds. The molecule has 5 nitrogen and oxygen atoms in total. The quantitative estimate of drug-likeness (QED) is 0.836. The van der Waals surface area contributed by atoms with E-state index in [4.69, 9.17) is 4.74 Å². The molecule has 0 aromatic heterocycles. The van der Waals surface area contributed by atoms with E-state index in [0.717, 1.165) is 0 Å². The number of carbonyl (C=O) groups is 2.